The Bertz CT molecular complexity index is 1600. The number of rotatable bonds is 5. The van der Waals surface area contributed by atoms with E-state index in [4.69, 9.17) is 4.74 Å². The van der Waals surface area contributed by atoms with E-state index >= 15 is 0 Å². The summed E-state index contributed by atoms with van der Waals surface area (Å²) in [6.45, 7) is 0.608. The van der Waals surface area contributed by atoms with E-state index in [-0.39, 0.29) is 23.5 Å². The number of pyridine rings is 3. The summed E-state index contributed by atoms with van der Waals surface area (Å²) >= 11 is 0. The minimum Gasteiger partial charge on any atom is -0.497 e. The monoisotopic (exact) mass is 441 g/mol. The molecule has 0 saturated heterocycles. The molecule has 0 spiro atoms. The van der Waals surface area contributed by atoms with Gasteiger partial charge < -0.3 is 13.9 Å². The molecule has 0 aliphatic rings. The Morgan fingerprint density at radius 2 is 1.39 bits per heavy atom. The summed E-state index contributed by atoms with van der Waals surface area (Å²) in [5.74, 6) is 0.390. The minimum absolute atomic E-state index is 0.223. The molecule has 0 bridgehead atoms. The highest BCUT2D eigenvalue weighted by molar-refractivity contribution is 5.91. The predicted molar refractivity (Wildman–Crippen MR) is 125 cm³/mol. The Balaban J connectivity index is 1.56. The van der Waals surface area contributed by atoms with Gasteiger partial charge in [0.2, 0.25) is 0 Å². The van der Waals surface area contributed by atoms with Crippen LogP contribution in [0.3, 0.4) is 0 Å². The zero-order valence-corrected chi connectivity index (χ0v) is 17.9. The first-order valence-electron chi connectivity index (χ1n) is 10.4. The SMILES string of the molecule is COc1ccc(Cn2ccc3nc4ccn(Cc5cccc(F)c5)c(=O)c4cc3c2=O)cc1. The number of nitrogens with zero attached hydrogens (tertiary/aromatic N) is 3. The highest BCUT2D eigenvalue weighted by Crippen LogP contribution is 2.16. The zero-order chi connectivity index (χ0) is 22.9. The largest absolute Gasteiger partial charge is 0.497 e. The average molecular weight is 441 g/mol. The van der Waals surface area contributed by atoms with Crippen molar-refractivity contribution >= 4 is 21.8 Å². The summed E-state index contributed by atoms with van der Waals surface area (Å²) in [7, 11) is 1.60. The molecule has 164 valence electrons. The highest BCUT2D eigenvalue weighted by Gasteiger charge is 2.11. The van der Waals surface area contributed by atoms with E-state index < -0.39 is 0 Å². The summed E-state index contributed by atoms with van der Waals surface area (Å²) < 4.78 is 21.8. The van der Waals surface area contributed by atoms with Gasteiger partial charge in [-0.25, -0.2) is 9.37 Å². The van der Waals surface area contributed by atoms with Crippen LogP contribution in [0.2, 0.25) is 0 Å². The molecule has 0 aliphatic heterocycles. The van der Waals surface area contributed by atoms with Gasteiger partial charge in [-0.15, -0.1) is 0 Å². The van der Waals surface area contributed by atoms with Crippen molar-refractivity contribution in [3.63, 3.8) is 0 Å². The summed E-state index contributed by atoms with van der Waals surface area (Å²) in [4.78, 5) is 30.8. The molecule has 6 nitrogen and oxygen atoms in total. The molecule has 0 radical (unpaired) electrons. The molecule has 33 heavy (non-hydrogen) atoms. The lowest BCUT2D eigenvalue weighted by molar-refractivity contribution is 0.414. The van der Waals surface area contributed by atoms with Crippen molar-refractivity contribution in [1.82, 2.24) is 14.1 Å². The molecule has 3 aromatic heterocycles. The number of fused-ring (bicyclic) bond motifs is 2. The van der Waals surface area contributed by atoms with Crippen molar-refractivity contribution in [1.29, 1.82) is 0 Å². The van der Waals surface area contributed by atoms with Crippen LogP contribution in [0.4, 0.5) is 4.39 Å². The fourth-order valence-corrected chi connectivity index (χ4v) is 3.91. The first kappa shape index (κ1) is 20.6. The van der Waals surface area contributed by atoms with Crippen LogP contribution in [-0.4, -0.2) is 21.2 Å². The molecule has 2 aromatic carbocycles. The normalized spacial score (nSPS) is 11.2. The molecule has 0 atom stereocenters. The van der Waals surface area contributed by atoms with Crippen LogP contribution in [0.25, 0.3) is 21.8 Å². The van der Waals surface area contributed by atoms with Crippen LogP contribution in [0.15, 0.2) is 88.7 Å². The first-order valence-corrected chi connectivity index (χ1v) is 10.4. The van der Waals surface area contributed by atoms with Crippen LogP contribution in [0, 0.1) is 5.82 Å². The number of halogens is 1. The molecule has 7 heteroatoms. The van der Waals surface area contributed by atoms with Crippen molar-refractivity contribution in [3.05, 3.63) is 117 Å². The average Bonchev–Trinajstić information content (AvgIpc) is 2.83. The third kappa shape index (κ3) is 4.01. The molecule has 0 fully saturated rings. The van der Waals surface area contributed by atoms with Gasteiger partial charge in [-0.2, -0.15) is 0 Å². The van der Waals surface area contributed by atoms with Crippen molar-refractivity contribution in [2.75, 3.05) is 7.11 Å². The summed E-state index contributed by atoms with van der Waals surface area (Å²) in [6, 6.07) is 18.7. The second-order valence-corrected chi connectivity index (χ2v) is 7.83. The summed E-state index contributed by atoms with van der Waals surface area (Å²) in [6.07, 6.45) is 3.35. The summed E-state index contributed by atoms with van der Waals surface area (Å²) in [5, 5.41) is 0.722. The van der Waals surface area contributed by atoms with Gasteiger partial charge in [0.15, 0.2) is 0 Å². The highest BCUT2D eigenvalue weighted by atomic mass is 19.1. The van der Waals surface area contributed by atoms with Gasteiger partial charge in [0.1, 0.15) is 11.6 Å². The Labute approximate surface area is 188 Å². The van der Waals surface area contributed by atoms with Crippen LogP contribution in [0.5, 0.6) is 5.75 Å². The van der Waals surface area contributed by atoms with E-state index in [0.29, 0.717) is 33.9 Å². The van der Waals surface area contributed by atoms with Gasteiger partial charge in [-0.05, 0) is 53.6 Å². The molecular weight excluding hydrogens is 421 g/mol. The van der Waals surface area contributed by atoms with Crippen molar-refractivity contribution in [2.45, 2.75) is 13.1 Å². The van der Waals surface area contributed by atoms with E-state index in [1.807, 2.05) is 24.3 Å². The molecule has 5 rings (SSSR count). The number of hydrogen-bond acceptors (Lipinski definition) is 4. The van der Waals surface area contributed by atoms with Crippen LogP contribution < -0.4 is 15.9 Å². The molecule has 0 amide bonds. The lowest BCUT2D eigenvalue weighted by Crippen LogP contribution is -2.23. The van der Waals surface area contributed by atoms with Gasteiger partial charge in [0, 0.05) is 12.4 Å². The van der Waals surface area contributed by atoms with E-state index in [0.717, 1.165) is 11.3 Å². The van der Waals surface area contributed by atoms with Crippen LogP contribution >= 0.6 is 0 Å². The smallest absolute Gasteiger partial charge is 0.260 e. The maximum atomic E-state index is 13.5. The standard InChI is InChI=1S/C26H20FN3O3/c1-33-20-7-5-17(6-8-20)15-29-11-9-23-21(25(29)31)14-22-24(28-23)10-12-30(26(22)32)16-18-3-2-4-19(27)13-18/h2-14H,15-16H2,1H3. The second-order valence-electron chi connectivity index (χ2n) is 7.83. The number of methoxy groups -OCH3 is 1. The molecule has 0 saturated carbocycles. The van der Waals surface area contributed by atoms with Crippen molar-refractivity contribution in [3.8, 4) is 5.75 Å². The lowest BCUT2D eigenvalue weighted by atomic mass is 10.1. The van der Waals surface area contributed by atoms with E-state index in [1.165, 1.54) is 16.7 Å². The van der Waals surface area contributed by atoms with E-state index in [2.05, 4.69) is 4.98 Å². The van der Waals surface area contributed by atoms with Crippen LogP contribution in [-0.2, 0) is 13.1 Å². The Morgan fingerprint density at radius 1 is 0.788 bits per heavy atom. The minimum atomic E-state index is -0.355. The van der Waals surface area contributed by atoms with Gasteiger partial charge in [0.05, 0.1) is 42.0 Å². The molecule has 0 unspecified atom stereocenters. The van der Waals surface area contributed by atoms with Crippen LogP contribution in [0.1, 0.15) is 11.1 Å². The fraction of sp³-hybridized carbons (Fsp3) is 0.115. The fourth-order valence-electron chi connectivity index (χ4n) is 3.91. The number of hydrogen-bond donors (Lipinski definition) is 0. The van der Waals surface area contributed by atoms with Crippen molar-refractivity contribution < 1.29 is 9.13 Å². The Morgan fingerprint density at radius 3 is 1.97 bits per heavy atom. The van der Waals surface area contributed by atoms with E-state index in [9.17, 15) is 14.0 Å². The second kappa shape index (κ2) is 8.35. The molecule has 5 aromatic rings. The maximum Gasteiger partial charge on any atom is 0.260 e. The van der Waals surface area contributed by atoms with Crippen molar-refractivity contribution in [2.24, 2.45) is 0 Å². The molecular formula is C26H20FN3O3. The van der Waals surface area contributed by atoms with Gasteiger partial charge in [-0.1, -0.05) is 24.3 Å². The first-order chi connectivity index (χ1) is 16.0. The third-order valence-electron chi connectivity index (χ3n) is 5.64. The summed E-state index contributed by atoms with van der Waals surface area (Å²) in [5.41, 5.74) is 2.15. The van der Waals surface area contributed by atoms with Gasteiger partial charge >= 0.3 is 0 Å². The zero-order valence-electron chi connectivity index (χ0n) is 17.9. The quantitative estimate of drug-likeness (QED) is 0.388. The number of aromatic nitrogens is 3. The predicted octanol–water partition coefficient (Wildman–Crippen LogP) is 3.96. The third-order valence-corrected chi connectivity index (χ3v) is 5.64. The Kier molecular flexibility index (Phi) is 5.22. The lowest BCUT2D eigenvalue weighted by Gasteiger charge is -2.10. The number of ether oxygens (including phenoxy) is 1. The van der Waals surface area contributed by atoms with E-state index in [1.54, 1.807) is 54.4 Å². The van der Waals surface area contributed by atoms with Gasteiger partial charge in [0.25, 0.3) is 11.1 Å². The maximum absolute atomic E-state index is 13.5. The Hall–Kier alpha value is -4.26. The van der Waals surface area contributed by atoms with Gasteiger partial charge in [-0.3, -0.25) is 9.59 Å². The molecule has 0 aliphatic carbocycles. The topological polar surface area (TPSA) is 66.1 Å². The number of benzene rings is 2. The molecule has 3 heterocycles. The molecule has 0 N–H and O–H groups in total.